The maximum Gasteiger partial charge on any atom is 0.223 e. The van der Waals surface area contributed by atoms with Crippen LogP contribution < -0.4 is 5.32 Å². The zero-order chi connectivity index (χ0) is 12.1. The van der Waals surface area contributed by atoms with E-state index < -0.39 is 0 Å². The largest absolute Gasteiger partial charge is 0.342 e. The molecule has 0 spiro atoms. The number of carbonyl (C=O) groups excluding carboxylic acids is 1. The number of amides is 1. The minimum Gasteiger partial charge on any atom is -0.342 e. The lowest BCUT2D eigenvalue weighted by Crippen LogP contribution is -2.33. The van der Waals surface area contributed by atoms with Crippen LogP contribution >= 0.6 is 0 Å². The van der Waals surface area contributed by atoms with Crippen LogP contribution in [0.2, 0.25) is 0 Å². The van der Waals surface area contributed by atoms with E-state index in [1.165, 1.54) is 25.9 Å². The van der Waals surface area contributed by atoms with Crippen LogP contribution in [0.15, 0.2) is 0 Å². The molecule has 2 heterocycles. The highest BCUT2D eigenvalue weighted by atomic mass is 16.2. The third-order valence-corrected chi connectivity index (χ3v) is 3.97. The molecule has 1 unspecified atom stereocenters. The van der Waals surface area contributed by atoms with E-state index in [4.69, 9.17) is 0 Å². The molecule has 0 aromatic heterocycles. The second-order valence-corrected chi connectivity index (χ2v) is 5.35. The van der Waals surface area contributed by atoms with E-state index in [2.05, 4.69) is 15.1 Å². The highest BCUT2D eigenvalue weighted by Gasteiger charge is 2.25. The van der Waals surface area contributed by atoms with Gasteiger partial charge in [0.1, 0.15) is 0 Å². The van der Waals surface area contributed by atoms with Crippen molar-refractivity contribution in [3.8, 4) is 0 Å². The Hall–Kier alpha value is -0.610. The van der Waals surface area contributed by atoms with Crippen LogP contribution in [0.1, 0.15) is 25.7 Å². The summed E-state index contributed by atoms with van der Waals surface area (Å²) >= 11 is 0. The Morgan fingerprint density at radius 2 is 2.06 bits per heavy atom. The van der Waals surface area contributed by atoms with Crippen LogP contribution in [0.5, 0.6) is 0 Å². The lowest BCUT2D eigenvalue weighted by Gasteiger charge is -2.19. The molecular weight excluding hydrogens is 214 g/mol. The molecule has 1 amide bonds. The molecule has 0 radical (unpaired) electrons. The second-order valence-electron chi connectivity index (χ2n) is 5.35. The van der Waals surface area contributed by atoms with Crippen molar-refractivity contribution in [3.63, 3.8) is 0 Å². The maximum absolute atomic E-state index is 12.0. The number of likely N-dealkylation sites (tertiary alicyclic amines) is 2. The van der Waals surface area contributed by atoms with E-state index in [1.807, 2.05) is 7.05 Å². The van der Waals surface area contributed by atoms with Gasteiger partial charge in [-0.3, -0.25) is 4.79 Å². The predicted molar refractivity (Wildman–Crippen MR) is 68.9 cm³/mol. The van der Waals surface area contributed by atoms with E-state index in [1.54, 1.807) is 0 Å². The Morgan fingerprint density at radius 1 is 1.29 bits per heavy atom. The smallest absolute Gasteiger partial charge is 0.223 e. The van der Waals surface area contributed by atoms with Crippen molar-refractivity contribution in [2.45, 2.75) is 25.7 Å². The van der Waals surface area contributed by atoms with Crippen molar-refractivity contribution < 1.29 is 4.79 Å². The Bertz CT molecular complexity index is 251. The molecule has 2 saturated heterocycles. The molecule has 1 atom stereocenters. The molecule has 2 fully saturated rings. The molecule has 2 rings (SSSR count). The summed E-state index contributed by atoms with van der Waals surface area (Å²) in [7, 11) is 1.98. The number of hydrogen-bond acceptors (Lipinski definition) is 3. The molecule has 4 heteroatoms. The molecular formula is C13H25N3O. The van der Waals surface area contributed by atoms with Gasteiger partial charge in [-0.15, -0.1) is 0 Å². The minimum absolute atomic E-state index is 0.357. The van der Waals surface area contributed by atoms with Gasteiger partial charge < -0.3 is 15.1 Å². The van der Waals surface area contributed by atoms with E-state index in [0.717, 1.165) is 32.6 Å². The van der Waals surface area contributed by atoms with Gasteiger partial charge in [0.15, 0.2) is 0 Å². The predicted octanol–water partition coefficient (Wildman–Crippen LogP) is 0.540. The topological polar surface area (TPSA) is 35.6 Å². The van der Waals surface area contributed by atoms with Crippen LogP contribution in [0, 0.1) is 5.92 Å². The van der Waals surface area contributed by atoms with Crippen LogP contribution in [-0.4, -0.2) is 62.0 Å². The molecule has 0 bridgehead atoms. The van der Waals surface area contributed by atoms with Crippen molar-refractivity contribution >= 4 is 5.91 Å². The number of rotatable bonds is 5. The summed E-state index contributed by atoms with van der Waals surface area (Å²) in [6.07, 6.45) is 4.49. The lowest BCUT2D eigenvalue weighted by atomic mass is 10.1. The van der Waals surface area contributed by atoms with Gasteiger partial charge in [0.05, 0.1) is 0 Å². The fourth-order valence-corrected chi connectivity index (χ4v) is 2.93. The highest BCUT2D eigenvalue weighted by molar-refractivity contribution is 5.76. The average molecular weight is 239 g/mol. The average Bonchev–Trinajstić information content (AvgIpc) is 2.97. The molecule has 0 aliphatic carbocycles. The van der Waals surface area contributed by atoms with Crippen molar-refractivity contribution in [1.29, 1.82) is 0 Å². The fraction of sp³-hybridized carbons (Fsp3) is 0.923. The Morgan fingerprint density at radius 3 is 2.76 bits per heavy atom. The third-order valence-electron chi connectivity index (χ3n) is 3.97. The van der Waals surface area contributed by atoms with Crippen molar-refractivity contribution in [3.05, 3.63) is 0 Å². The van der Waals surface area contributed by atoms with Crippen LogP contribution in [0.25, 0.3) is 0 Å². The van der Waals surface area contributed by atoms with Gasteiger partial charge in [-0.2, -0.15) is 0 Å². The quantitative estimate of drug-likeness (QED) is 0.760. The van der Waals surface area contributed by atoms with E-state index in [-0.39, 0.29) is 0 Å². The minimum atomic E-state index is 0.357. The van der Waals surface area contributed by atoms with Crippen LogP contribution in [0.3, 0.4) is 0 Å². The first-order chi connectivity index (χ1) is 8.29. The molecule has 1 N–H and O–H groups in total. The van der Waals surface area contributed by atoms with Gasteiger partial charge in [-0.25, -0.2) is 0 Å². The number of hydrogen-bond donors (Lipinski definition) is 1. The first kappa shape index (κ1) is 12.8. The van der Waals surface area contributed by atoms with E-state index in [0.29, 0.717) is 18.2 Å². The van der Waals surface area contributed by atoms with Gasteiger partial charge in [0.25, 0.3) is 0 Å². The monoisotopic (exact) mass is 239 g/mol. The summed E-state index contributed by atoms with van der Waals surface area (Å²) in [4.78, 5) is 16.5. The molecule has 2 aliphatic heterocycles. The van der Waals surface area contributed by atoms with Crippen molar-refractivity contribution in [1.82, 2.24) is 15.1 Å². The maximum atomic E-state index is 12.0. The Kier molecular flexibility index (Phi) is 4.80. The van der Waals surface area contributed by atoms with Gasteiger partial charge >= 0.3 is 0 Å². The second kappa shape index (κ2) is 6.36. The van der Waals surface area contributed by atoms with Crippen LogP contribution in [-0.2, 0) is 4.79 Å². The highest BCUT2D eigenvalue weighted by Crippen LogP contribution is 2.16. The Balaban J connectivity index is 1.66. The normalized spacial score (nSPS) is 25.7. The lowest BCUT2D eigenvalue weighted by molar-refractivity contribution is -0.130. The van der Waals surface area contributed by atoms with Gasteiger partial charge in [-0.05, 0) is 51.9 Å². The number of nitrogens with one attached hydrogen (secondary N) is 1. The van der Waals surface area contributed by atoms with Crippen molar-refractivity contribution in [2.24, 2.45) is 5.92 Å². The third kappa shape index (κ3) is 3.68. The first-order valence-electron chi connectivity index (χ1n) is 6.94. The summed E-state index contributed by atoms with van der Waals surface area (Å²) in [5, 5.41) is 3.20. The fourth-order valence-electron chi connectivity index (χ4n) is 2.93. The van der Waals surface area contributed by atoms with Gasteiger partial charge in [0.2, 0.25) is 5.91 Å². The number of carbonyl (C=O) groups is 1. The van der Waals surface area contributed by atoms with Gasteiger partial charge in [-0.1, -0.05) is 0 Å². The molecule has 2 aliphatic rings. The van der Waals surface area contributed by atoms with E-state index in [9.17, 15) is 4.79 Å². The molecule has 17 heavy (non-hydrogen) atoms. The summed E-state index contributed by atoms with van der Waals surface area (Å²) in [6, 6.07) is 0. The van der Waals surface area contributed by atoms with E-state index >= 15 is 0 Å². The molecule has 0 aromatic rings. The molecule has 0 saturated carbocycles. The van der Waals surface area contributed by atoms with Crippen molar-refractivity contribution in [2.75, 3.05) is 46.3 Å². The summed E-state index contributed by atoms with van der Waals surface area (Å²) in [5.74, 6) is 1.02. The molecule has 98 valence electrons. The Labute approximate surface area is 104 Å². The zero-order valence-electron chi connectivity index (χ0n) is 11.0. The first-order valence-corrected chi connectivity index (χ1v) is 6.94. The summed E-state index contributed by atoms with van der Waals surface area (Å²) in [6.45, 7) is 6.30. The zero-order valence-corrected chi connectivity index (χ0v) is 11.0. The SMILES string of the molecule is CNCC1CCN(C(=O)CCN2CCCC2)C1. The standard InChI is InChI=1S/C13H25N3O/c1-14-10-12-4-9-16(11-12)13(17)5-8-15-6-2-3-7-15/h12,14H,2-11H2,1H3. The van der Waals surface area contributed by atoms with Crippen LogP contribution in [0.4, 0.5) is 0 Å². The molecule has 4 nitrogen and oxygen atoms in total. The molecule has 0 aromatic carbocycles. The summed E-state index contributed by atoms with van der Waals surface area (Å²) < 4.78 is 0. The van der Waals surface area contributed by atoms with Gasteiger partial charge in [0, 0.05) is 26.1 Å². The number of nitrogens with zero attached hydrogens (tertiary/aromatic N) is 2. The summed E-state index contributed by atoms with van der Waals surface area (Å²) in [5.41, 5.74) is 0.